The van der Waals surface area contributed by atoms with Crippen molar-refractivity contribution < 1.29 is 9.47 Å². The van der Waals surface area contributed by atoms with Crippen LogP contribution in [0.4, 0.5) is 0 Å². The lowest BCUT2D eigenvalue weighted by molar-refractivity contribution is -0.196. The summed E-state index contributed by atoms with van der Waals surface area (Å²) in [5.74, 6) is -0.996. The molecular formula is C32H21ClO2. The van der Waals surface area contributed by atoms with E-state index in [0.29, 0.717) is 13.2 Å². The second kappa shape index (κ2) is 6.83. The lowest BCUT2D eigenvalue weighted by Gasteiger charge is -2.59. The van der Waals surface area contributed by atoms with E-state index in [9.17, 15) is 0 Å². The van der Waals surface area contributed by atoms with Crippen molar-refractivity contribution in [3.05, 3.63) is 137 Å². The Balaban J connectivity index is 1.60. The van der Waals surface area contributed by atoms with Crippen LogP contribution in [0, 0.1) is 0 Å². The average Bonchev–Trinajstić information content (AvgIpc) is 3.48. The van der Waals surface area contributed by atoms with Gasteiger partial charge in [-0.05, 0) is 39.0 Å². The molecule has 168 valence electrons. The third kappa shape index (κ3) is 2.16. The van der Waals surface area contributed by atoms with Crippen LogP contribution in [0.3, 0.4) is 0 Å². The Hall–Kier alpha value is -3.43. The maximum absolute atomic E-state index is 7.30. The molecule has 8 rings (SSSR count). The van der Waals surface area contributed by atoms with Crippen molar-refractivity contribution >= 4 is 27.8 Å². The van der Waals surface area contributed by atoms with Crippen LogP contribution in [0.2, 0.25) is 0 Å². The molecule has 0 radical (unpaired) electrons. The Labute approximate surface area is 209 Å². The van der Waals surface area contributed by atoms with Crippen molar-refractivity contribution in [3.8, 4) is 11.1 Å². The zero-order chi connectivity index (χ0) is 23.2. The van der Waals surface area contributed by atoms with Gasteiger partial charge in [0.1, 0.15) is 5.41 Å². The fourth-order valence-electron chi connectivity index (χ4n) is 6.91. The fourth-order valence-corrected chi connectivity index (χ4v) is 7.31. The fraction of sp³-hybridized carbons (Fsp3) is 0.125. The van der Waals surface area contributed by atoms with Crippen LogP contribution in [-0.4, -0.2) is 13.2 Å². The van der Waals surface area contributed by atoms with Gasteiger partial charge in [-0.1, -0.05) is 115 Å². The van der Waals surface area contributed by atoms with Gasteiger partial charge in [-0.15, -0.1) is 0 Å². The molecule has 1 atom stereocenters. The molecule has 3 aliphatic carbocycles. The Morgan fingerprint density at radius 2 is 1.09 bits per heavy atom. The molecule has 1 fully saturated rings. The minimum absolute atomic E-state index is 0.535. The average molecular weight is 473 g/mol. The number of allylic oxidation sites excluding steroid dienone is 1. The van der Waals surface area contributed by atoms with Crippen molar-refractivity contribution in [2.24, 2.45) is 0 Å². The normalized spacial score (nSPS) is 22.7. The Morgan fingerprint density at radius 1 is 0.543 bits per heavy atom. The quantitative estimate of drug-likeness (QED) is 0.287. The van der Waals surface area contributed by atoms with Gasteiger partial charge in [0, 0.05) is 16.7 Å². The predicted octanol–water partition coefficient (Wildman–Crippen LogP) is 7.39. The molecular weight excluding hydrogens is 452 g/mol. The number of hydrogen-bond donors (Lipinski definition) is 0. The molecule has 2 spiro atoms. The maximum Gasteiger partial charge on any atom is 0.214 e. The standard InChI is InChI=1S/C32H21ClO2/c33-30-24-15-5-4-14-23(24)27-28(20-10-2-1-3-11-20)31(29(27)30)25-16-8-6-12-21(25)22-13-7-9-17-26(22)32(31)34-18-19-35-32/h1-17H,18-19H2. The smallest absolute Gasteiger partial charge is 0.214 e. The lowest BCUT2D eigenvalue weighted by Crippen LogP contribution is -2.58. The summed E-state index contributed by atoms with van der Waals surface area (Å²) in [7, 11) is 0. The van der Waals surface area contributed by atoms with Crippen molar-refractivity contribution in [1.29, 1.82) is 0 Å². The minimum atomic E-state index is -0.996. The van der Waals surface area contributed by atoms with Gasteiger partial charge in [0.05, 0.1) is 18.2 Å². The summed E-state index contributed by atoms with van der Waals surface area (Å²) in [6.07, 6.45) is 0. The highest BCUT2D eigenvalue weighted by molar-refractivity contribution is 6.54. The van der Waals surface area contributed by atoms with Gasteiger partial charge in [-0.25, -0.2) is 0 Å². The van der Waals surface area contributed by atoms with E-state index >= 15 is 0 Å². The molecule has 0 N–H and O–H groups in total. The molecule has 35 heavy (non-hydrogen) atoms. The van der Waals surface area contributed by atoms with Gasteiger partial charge < -0.3 is 9.47 Å². The van der Waals surface area contributed by atoms with E-state index in [-0.39, 0.29) is 0 Å². The van der Waals surface area contributed by atoms with Gasteiger partial charge in [0.25, 0.3) is 0 Å². The SMILES string of the molecule is ClC1=C2C(=C(c3ccccc3)C23c2ccccc2-c2ccccc2C32OCCO2)c2ccccc21. The van der Waals surface area contributed by atoms with Crippen molar-refractivity contribution in [2.75, 3.05) is 13.2 Å². The summed E-state index contributed by atoms with van der Waals surface area (Å²) in [6, 6.07) is 36.3. The van der Waals surface area contributed by atoms with E-state index in [1.54, 1.807) is 0 Å². The van der Waals surface area contributed by atoms with E-state index < -0.39 is 11.2 Å². The molecule has 3 heteroatoms. The first-order valence-corrected chi connectivity index (χ1v) is 12.4. The van der Waals surface area contributed by atoms with Crippen molar-refractivity contribution in [2.45, 2.75) is 11.2 Å². The van der Waals surface area contributed by atoms with Crippen LogP contribution in [0.5, 0.6) is 0 Å². The molecule has 1 aliphatic heterocycles. The molecule has 0 bridgehead atoms. The largest absolute Gasteiger partial charge is 0.342 e. The Bertz CT molecular complexity index is 1610. The van der Waals surface area contributed by atoms with Crippen molar-refractivity contribution in [1.82, 2.24) is 0 Å². The van der Waals surface area contributed by atoms with Crippen molar-refractivity contribution in [3.63, 3.8) is 0 Å². The number of fused-ring (bicyclic) bond motifs is 10. The van der Waals surface area contributed by atoms with Crippen LogP contribution in [-0.2, 0) is 20.7 Å². The number of ether oxygens (including phenoxy) is 2. The van der Waals surface area contributed by atoms with E-state index in [0.717, 1.165) is 27.3 Å². The van der Waals surface area contributed by atoms with Gasteiger partial charge in [-0.3, -0.25) is 0 Å². The molecule has 1 unspecified atom stereocenters. The molecule has 0 amide bonds. The summed E-state index contributed by atoms with van der Waals surface area (Å²) in [4.78, 5) is 0. The zero-order valence-corrected chi connectivity index (χ0v) is 19.7. The Kier molecular flexibility index (Phi) is 3.87. The molecule has 4 aliphatic rings. The van der Waals surface area contributed by atoms with Gasteiger partial charge in [0.2, 0.25) is 5.79 Å². The molecule has 0 saturated carbocycles. The number of rotatable bonds is 1. The minimum Gasteiger partial charge on any atom is -0.342 e. The third-order valence-electron chi connectivity index (χ3n) is 8.06. The van der Waals surface area contributed by atoms with E-state index in [1.807, 2.05) is 0 Å². The number of benzene rings is 4. The highest BCUT2D eigenvalue weighted by Crippen LogP contribution is 2.76. The topological polar surface area (TPSA) is 18.5 Å². The van der Waals surface area contributed by atoms with Gasteiger partial charge in [0.15, 0.2) is 0 Å². The van der Waals surface area contributed by atoms with Crippen LogP contribution < -0.4 is 0 Å². The van der Waals surface area contributed by atoms with Gasteiger partial charge in [-0.2, -0.15) is 0 Å². The zero-order valence-electron chi connectivity index (χ0n) is 18.9. The molecule has 4 aromatic rings. The number of hydrogen-bond acceptors (Lipinski definition) is 2. The van der Waals surface area contributed by atoms with E-state index in [2.05, 4.69) is 103 Å². The number of halogens is 1. The highest BCUT2D eigenvalue weighted by Gasteiger charge is 2.72. The maximum atomic E-state index is 7.30. The van der Waals surface area contributed by atoms with Crippen LogP contribution >= 0.6 is 11.6 Å². The van der Waals surface area contributed by atoms with Gasteiger partial charge >= 0.3 is 0 Å². The predicted molar refractivity (Wildman–Crippen MR) is 140 cm³/mol. The second-order valence-corrected chi connectivity index (χ2v) is 9.88. The van der Waals surface area contributed by atoms with E-state index in [4.69, 9.17) is 21.1 Å². The van der Waals surface area contributed by atoms with E-state index in [1.165, 1.54) is 33.4 Å². The highest BCUT2D eigenvalue weighted by atomic mass is 35.5. The lowest BCUT2D eigenvalue weighted by atomic mass is 9.47. The van der Waals surface area contributed by atoms with Crippen LogP contribution in [0.15, 0.2) is 109 Å². The Morgan fingerprint density at radius 3 is 1.80 bits per heavy atom. The molecule has 1 saturated heterocycles. The summed E-state index contributed by atoms with van der Waals surface area (Å²) >= 11 is 7.30. The summed E-state index contributed by atoms with van der Waals surface area (Å²) < 4.78 is 13.6. The molecule has 1 heterocycles. The summed E-state index contributed by atoms with van der Waals surface area (Å²) in [6.45, 7) is 1.07. The monoisotopic (exact) mass is 472 g/mol. The van der Waals surface area contributed by atoms with Crippen LogP contribution in [0.25, 0.3) is 27.3 Å². The first-order valence-electron chi connectivity index (χ1n) is 12.1. The third-order valence-corrected chi connectivity index (χ3v) is 8.45. The summed E-state index contributed by atoms with van der Waals surface area (Å²) in [5, 5.41) is 0.794. The van der Waals surface area contributed by atoms with Crippen LogP contribution in [0.1, 0.15) is 27.8 Å². The first kappa shape index (κ1) is 19.8. The molecule has 0 aromatic heterocycles. The second-order valence-electron chi connectivity index (χ2n) is 9.51. The first-order chi connectivity index (χ1) is 17.3. The molecule has 4 aromatic carbocycles. The summed E-state index contributed by atoms with van der Waals surface area (Å²) in [5.41, 5.74) is 10.9. The molecule has 2 nitrogen and oxygen atoms in total.